The summed E-state index contributed by atoms with van der Waals surface area (Å²) in [5.41, 5.74) is 1.89. The second-order valence-electron chi connectivity index (χ2n) is 6.08. The van der Waals surface area contributed by atoms with Gasteiger partial charge in [-0.15, -0.1) is 0 Å². The number of carbonyl (C=O) groups excluding carboxylic acids is 2. The van der Waals surface area contributed by atoms with E-state index in [4.69, 9.17) is 0 Å². The smallest absolute Gasteiger partial charge is 0.350 e. The molecule has 0 unspecified atom stereocenters. The van der Waals surface area contributed by atoms with E-state index in [1.165, 1.54) is 27.3 Å². The summed E-state index contributed by atoms with van der Waals surface area (Å²) in [7, 11) is 0.437. The van der Waals surface area contributed by atoms with Crippen LogP contribution in [0.15, 0.2) is 17.0 Å². The van der Waals surface area contributed by atoms with Crippen LogP contribution in [0, 0.1) is 20.8 Å². The van der Waals surface area contributed by atoms with E-state index >= 15 is 0 Å². The van der Waals surface area contributed by atoms with Crippen molar-refractivity contribution in [3.05, 3.63) is 39.4 Å². The summed E-state index contributed by atoms with van der Waals surface area (Å²) in [5.74, 6) is -1.05. The van der Waals surface area contributed by atoms with Gasteiger partial charge in [0.05, 0.1) is 17.7 Å². The summed E-state index contributed by atoms with van der Waals surface area (Å²) in [6.07, 6.45) is 0. The Labute approximate surface area is 162 Å². The largest absolute Gasteiger partial charge is 0.465 e. The van der Waals surface area contributed by atoms with E-state index in [9.17, 15) is 18.0 Å². The number of hydrogen-bond acceptors (Lipinski definition) is 7. The SMILES string of the molecule is COC(=O)c1sc(NC(=O)c2cc(C)c(C)c(S(=O)(=O)N(C)C)c2)nc1C. The Balaban J connectivity index is 2.41. The van der Waals surface area contributed by atoms with Crippen molar-refractivity contribution in [1.29, 1.82) is 0 Å². The molecule has 1 aromatic heterocycles. The summed E-state index contributed by atoms with van der Waals surface area (Å²) in [6.45, 7) is 5.07. The van der Waals surface area contributed by atoms with Crippen molar-refractivity contribution in [1.82, 2.24) is 9.29 Å². The molecule has 2 rings (SSSR count). The molecule has 0 aliphatic carbocycles. The van der Waals surface area contributed by atoms with Crippen molar-refractivity contribution in [2.24, 2.45) is 0 Å². The van der Waals surface area contributed by atoms with Gasteiger partial charge in [0.15, 0.2) is 5.13 Å². The number of carbonyl (C=O) groups is 2. The Morgan fingerprint density at radius 2 is 1.81 bits per heavy atom. The Morgan fingerprint density at radius 3 is 2.37 bits per heavy atom. The van der Waals surface area contributed by atoms with Crippen LogP contribution in [0.3, 0.4) is 0 Å². The fraction of sp³-hybridized carbons (Fsp3) is 0.353. The average molecular weight is 412 g/mol. The second-order valence-corrected chi connectivity index (χ2v) is 9.20. The lowest BCUT2D eigenvalue weighted by Crippen LogP contribution is -2.24. The topological polar surface area (TPSA) is 106 Å². The molecule has 1 aromatic carbocycles. The van der Waals surface area contributed by atoms with Crippen LogP contribution in [-0.2, 0) is 14.8 Å². The molecule has 2 aromatic rings. The molecule has 0 atom stereocenters. The highest BCUT2D eigenvalue weighted by Crippen LogP contribution is 2.26. The molecule has 146 valence electrons. The van der Waals surface area contributed by atoms with Gasteiger partial charge in [-0.3, -0.25) is 10.1 Å². The van der Waals surface area contributed by atoms with Crippen LogP contribution >= 0.6 is 11.3 Å². The van der Waals surface area contributed by atoms with Crippen LogP contribution in [0.2, 0.25) is 0 Å². The standard InChI is InChI=1S/C17H21N3O5S2/c1-9-7-12(8-13(10(9)2)27(23,24)20(4)5)15(21)19-17-18-11(3)14(26-17)16(22)25-6/h7-8H,1-6H3,(H,18,19,21). The number of esters is 1. The highest BCUT2D eigenvalue weighted by atomic mass is 32.2. The number of thiazole rings is 1. The number of benzene rings is 1. The number of nitrogens with one attached hydrogen (secondary N) is 1. The molecule has 0 aliphatic rings. The van der Waals surface area contributed by atoms with Crippen LogP contribution in [-0.4, -0.2) is 50.8 Å². The van der Waals surface area contributed by atoms with Crippen LogP contribution < -0.4 is 5.32 Å². The third-order valence-electron chi connectivity index (χ3n) is 4.03. The molecule has 0 aliphatic heterocycles. The van der Waals surface area contributed by atoms with Gasteiger partial charge in [-0.1, -0.05) is 11.3 Å². The van der Waals surface area contributed by atoms with Gasteiger partial charge in [-0.05, 0) is 44.0 Å². The Kier molecular flexibility index (Phi) is 6.03. The molecule has 1 N–H and O–H groups in total. The molecule has 0 spiro atoms. The van der Waals surface area contributed by atoms with E-state index in [-0.39, 0.29) is 15.6 Å². The van der Waals surface area contributed by atoms with Crippen LogP contribution in [0.4, 0.5) is 5.13 Å². The molecule has 8 nitrogen and oxygen atoms in total. The minimum absolute atomic E-state index is 0.0724. The summed E-state index contributed by atoms with van der Waals surface area (Å²) >= 11 is 0.993. The first-order valence-electron chi connectivity index (χ1n) is 7.90. The van der Waals surface area contributed by atoms with E-state index in [0.717, 1.165) is 15.6 Å². The lowest BCUT2D eigenvalue weighted by Gasteiger charge is -2.16. The van der Waals surface area contributed by atoms with Crippen LogP contribution in [0.5, 0.6) is 0 Å². The third-order valence-corrected chi connectivity index (χ3v) is 7.02. The van der Waals surface area contributed by atoms with Crippen molar-refractivity contribution < 1.29 is 22.7 Å². The molecule has 10 heteroatoms. The maximum atomic E-state index is 12.6. The van der Waals surface area contributed by atoms with Crippen molar-refractivity contribution >= 4 is 38.4 Å². The first-order chi connectivity index (χ1) is 12.5. The number of sulfonamides is 1. The van der Waals surface area contributed by atoms with Gasteiger partial charge in [0.25, 0.3) is 5.91 Å². The Morgan fingerprint density at radius 1 is 1.19 bits per heavy atom. The summed E-state index contributed by atoms with van der Waals surface area (Å²) in [6, 6.07) is 2.95. The number of ether oxygens (including phenoxy) is 1. The van der Waals surface area contributed by atoms with Gasteiger partial charge >= 0.3 is 5.97 Å². The number of aromatic nitrogens is 1. The number of amides is 1. The normalized spacial score (nSPS) is 11.5. The summed E-state index contributed by atoms with van der Waals surface area (Å²) in [5, 5.41) is 2.84. The van der Waals surface area contributed by atoms with E-state index in [1.807, 2.05) is 0 Å². The Bertz CT molecular complexity index is 1010. The highest BCUT2D eigenvalue weighted by Gasteiger charge is 2.24. The summed E-state index contributed by atoms with van der Waals surface area (Å²) < 4.78 is 30.8. The Hall–Kier alpha value is -2.30. The number of hydrogen-bond donors (Lipinski definition) is 1. The zero-order chi connectivity index (χ0) is 20.5. The molecule has 0 fully saturated rings. The molecule has 0 saturated carbocycles. The van der Waals surface area contributed by atoms with Crippen molar-refractivity contribution in [2.75, 3.05) is 26.5 Å². The van der Waals surface area contributed by atoms with Crippen LogP contribution in [0.25, 0.3) is 0 Å². The van der Waals surface area contributed by atoms with Gasteiger partial charge in [-0.2, -0.15) is 0 Å². The lowest BCUT2D eigenvalue weighted by atomic mass is 10.1. The molecule has 0 saturated heterocycles. The highest BCUT2D eigenvalue weighted by molar-refractivity contribution is 7.89. The molecule has 27 heavy (non-hydrogen) atoms. The van der Waals surface area contributed by atoms with Gasteiger partial charge in [0.2, 0.25) is 10.0 Å². The lowest BCUT2D eigenvalue weighted by molar-refractivity contribution is 0.0605. The predicted molar refractivity (Wildman–Crippen MR) is 103 cm³/mol. The van der Waals surface area contributed by atoms with Gasteiger partial charge in [0.1, 0.15) is 4.88 Å². The maximum absolute atomic E-state index is 12.6. The molecule has 0 radical (unpaired) electrons. The first kappa shape index (κ1) is 21.0. The molecular formula is C17H21N3O5S2. The third kappa shape index (κ3) is 4.18. The first-order valence-corrected chi connectivity index (χ1v) is 10.2. The fourth-order valence-corrected chi connectivity index (χ4v) is 4.42. The van der Waals surface area contributed by atoms with E-state index in [0.29, 0.717) is 21.7 Å². The van der Waals surface area contributed by atoms with Gasteiger partial charge in [0, 0.05) is 19.7 Å². The maximum Gasteiger partial charge on any atom is 0.350 e. The van der Waals surface area contributed by atoms with Gasteiger partial charge < -0.3 is 4.74 Å². The number of rotatable bonds is 5. The zero-order valence-corrected chi connectivity index (χ0v) is 17.5. The van der Waals surface area contributed by atoms with Crippen molar-refractivity contribution in [2.45, 2.75) is 25.7 Å². The monoisotopic (exact) mass is 411 g/mol. The fourth-order valence-electron chi connectivity index (χ4n) is 2.32. The minimum Gasteiger partial charge on any atom is -0.465 e. The minimum atomic E-state index is -3.70. The number of anilines is 1. The molecule has 1 amide bonds. The van der Waals surface area contributed by atoms with E-state index in [1.54, 1.807) is 26.8 Å². The van der Waals surface area contributed by atoms with Crippen molar-refractivity contribution in [3.8, 4) is 0 Å². The van der Waals surface area contributed by atoms with E-state index in [2.05, 4.69) is 15.0 Å². The summed E-state index contributed by atoms with van der Waals surface area (Å²) in [4.78, 5) is 28.8. The van der Waals surface area contributed by atoms with Crippen LogP contribution in [0.1, 0.15) is 36.9 Å². The average Bonchev–Trinajstić information content (AvgIpc) is 2.96. The zero-order valence-electron chi connectivity index (χ0n) is 15.9. The van der Waals surface area contributed by atoms with Crippen molar-refractivity contribution in [3.63, 3.8) is 0 Å². The number of methoxy groups -OCH3 is 1. The van der Waals surface area contributed by atoms with Gasteiger partial charge in [-0.25, -0.2) is 22.5 Å². The quantitative estimate of drug-likeness (QED) is 0.757. The number of aryl methyl sites for hydroxylation is 2. The molecular weight excluding hydrogens is 390 g/mol. The predicted octanol–water partition coefficient (Wildman–Crippen LogP) is 2.36. The van der Waals surface area contributed by atoms with E-state index < -0.39 is 21.9 Å². The number of nitrogens with zero attached hydrogens (tertiary/aromatic N) is 2. The second kappa shape index (κ2) is 7.75. The molecule has 1 heterocycles. The molecule has 0 bridgehead atoms.